The summed E-state index contributed by atoms with van der Waals surface area (Å²) in [6.45, 7) is 5.07. The van der Waals surface area contributed by atoms with E-state index in [2.05, 4.69) is 0 Å². The van der Waals surface area contributed by atoms with Crippen LogP contribution in [0.4, 0.5) is 0 Å². The Hall–Kier alpha value is -2.40. The highest BCUT2D eigenvalue weighted by Crippen LogP contribution is 2.21. The summed E-state index contributed by atoms with van der Waals surface area (Å²) in [6.07, 6.45) is 0.499. The third kappa shape index (κ3) is 3.26. The van der Waals surface area contributed by atoms with Crippen LogP contribution in [-0.4, -0.2) is 23.8 Å². The molecule has 0 aliphatic rings. The number of fused-ring (bicyclic) bond motifs is 1. The molecule has 0 aliphatic carbocycles. The number of aryl methyl sites for hydroxylation is 1. The van der Waals surface area contributed by atoms with Crippen LogP contribution in [0.2, 0.25) is 0 Å². The Bertz CT molecular complexity index is 783. The molecule has 1 unspecified atom stereocenters. The molecule has 0 radical (unpaired) electrons. The van der Waals surface area contributed by atoms with Crippen LogP contribution in [0.1, 0.15) is 25.2 Å². The number of ether oxygens (including phenoxy) is 1. The molecule has 0 spiro atoms. The largest absolute Gasteiger partial charge is 0.463 e. The second-order valence-corrected chi connectivity index (χ2v) is 4.94. The van der Waals surface area contributed by atoms with Gasteiger partial charge in [0.05, 0.1) is 23.7 Å². The van der Waals surface area contributed by atoms with E-state index in [1.54, 1.807) is 32.0 Å². The van der Waals surface area contributed by atoms with Gasteiger partial charge in [0.1, 0.15) is 11.3 Å². The molecule has 0 aliphatic heterocycles. The summed E-state index contributed by atoms with van der Waals surface area (Å²) in [6, 6.07) is 6.48. The van der Waals surface area contributed by atoms with Crippen LogP contribution < -0.4 is 5.43 Å². The zero-order valence-corrected chi connectivity index (χ0v) is 12.8. The van der Waals surface area contributed by atoms with Gasteiger partial charge in [-0.15, -0.1) is 0 Å². The van der Waals surface area contributed by atoms with Crippen molar-refractivity contribution >= 4 is 23.0 Å². The molecule has 1 atom stereocenters. The molecule has 0 bridgehead atoms. The van der Waals surface area contributed by atoms with E-state index in [-0.39, 0.29) is 17.6 Å². The van der Waals surface area contributed by atoms with E-state index in [4.69, 9.17) is 9.15 Å². The Balaban J connectivity index is 2.65. The van der Waals surface area contributed by atoms with Crippen molar-refractivity contribution in [1.82, 2.24) is 0 Å². The Morgan fingerprint density at radius 2 is 2.18 bits per heavy atom. The summed E-state index contributed by atoms with van der Waals surface area (Å²) in [5.41, 5.74) is 0.888. The Labute approximate surface area is 127 Å². The lowest BCUT2D eigenvalue weighted by molar-refractivity contribution is -0.139. The maximum absolute atomic E-state index is 12.0. The van der Waals surface area contributed by atoms with Crippen molar-refractivity contribution in [3.8, 4) is 0 Å². The van der Waals surface area contributed by atoms with Gasteiger partial charge in [0.2, 0.25) is 0 Å². The Morgan fingerprint density at radius 1 is 1.45 bits per heavy atom. The number of carbonyl (C=O) groups is 1. The van der Waals surface area contributed by atoms with Crippen LogP contribution in [0.25, 0.3) is 17.0 Å². The van der Waals surface area contributed by atoms with Gasteiger partial charge in [-0.3, -0.25) is 4.79 Å². The van der Waals surface area contributed by atoms with E-state index in [0.29, 0.717) is 22.3 Å². The maximum Gasteiger partial charge on any atom is 0.336 e. The molecule has 22 heavy (non-hydrogen) atoms. The fraction of sp³-hybridized carbons (Fsp3) is 0.294. The van der Waals surface area contributed by atoms with Gasteiger partial charge in [0.25, 0.3) is 0 Å². The van der Waals surface area contributed by atoms with Gasteiger partial charge in [0.15, 0.2) is 5.43 Å². The van der Waals surface area contributed by atoms with E-state index < -0.39 is 12.1 Å². The highest BCUT2D eigenvalue weighted by Gasteiger charge is 2.17. The summed E-state index contributed by atoms with van der Waals surface area (Å²) >= 11 is 0. The summed E-state index contributed by atoms with van der Waals surface area (Å²) in [7, 11) is 0. The van der Waals surface area contributed by atoms with Gasteiger partial charge >= 0.3 is 5.97 Å². The van der Waals surface area contributed by atoms with Gasteiger partial charge < -0.3 is 14.3 Å². The van der Waals surface area contributed by atoms with E-state index >= 15 is 0 Å². The van der Waals surface area contributed by atoms with E-state index in [9.17, 15) is 14.7 Å². The second kappa shape index (κ2) is 6.58. The summed E-state index contributed by atoms with van der Waals surface area (Å²) in [5.74, 6) is -0.113. The SMILES string of the molecule is CCOC(=O)/C(=C\c1cccc2c(=O)cc(C)oc12)C(C)O. The standard InChI is InChI=1S/C17H18O5/c1-4-21-17(20)14(11(3)18)9-12-6-5-7-13-15(19)8-10(2)22-16(12)13/h5-9,11,18H,4H2,1-3H3/b14-9-. The number of benzene rings is 1. The van der Waals surface area contributed by atoms with Crippen molar-refractivity contribution in [1.29, 1.82) is 0 Å². The van der Waals surface area contributed by atoms with Crippen LogP contribution in [0.5, 0.6) is 0 Å². The molecule has 0 saturated heterocycles. The van der Waals surface area contributed by atoms with Gasteiger partial charge in [-0.25, -0.2) is 4.79 Å². The number of carbonyl (C=O) groups excluding carboxylic acids is 1. The highest BCUT2D eigenvalue weighted by atomic mass is 16.5. The molecule has 0 fully saturated rings. The van der Waals surface area contributed by atoms with E-state index in [0.717, 1.165) is 0 Å². The summed E-state index contributed by atoms with van der Waals surface area (Å²) in [4.78, 5) is 23.9. The third-order valence-electron chi connectivity index (χ3n) is 3.18. The topological polar surface area (TPSA) is 76.7 Å². The molecule has 116 valence electrons. The molecule has 1 aromatic carbocycles. The molecule has 2 rings (SSSR count). The van der Waals surface area contributed by atoms with Crippen LogP contribution in [0.3, 0.4) is 0 Å². The lowest BCUT2D eigenvalue weighted by Crippen LogP contribution is -2.17. The second-order valence-electron chi connectivity index (χ2n) is 4.94. The highest BCUT2D eigenvalue weighted by molar-refractivity contribution is 5.97. The first-order chi connectivity index (χ1) is 10.4. The first kappa shape index (κ1) is 16.0. The van der Waals surface area contributed by atoms with Gasteiger partial charge in [0, 0.05) is 11.6 Å². The number of rotatable bonds is 4. The Kier molecular flexibility index (Phi) is 4.78. The van der Waals surface area contributed by atoms with E-state index in [1.807, 2.05) is 0 Å². The van der Waals surface area contributed by atoms with Crippen LogP contribution in [0.15, 0.2) is 39.1 Å². The Morgan fingerprint density at radius 3 is 2.82 bits per heavy atom. The third-order valence-corrected chi connectivity index (χ3v) is 3.18. The first-order valence-electron chi connectivity index (χ1n) is 7.04. The van der Waals surface area contributed by atoms with Crippen molar-refractivity contribution in [2.24, 2.45) is 0 Å². The number of para-hydroxylation sites is 1. The quantitative estimate of drug-likeness (QED) is 0.693. The molecular weight excluding hydrogens is 284 g/mol. The molecule has 5 heteroatoms. The smallest absolute Gasteiger partial charge is 0.336 e. The molecule has 2 aromatic rings. The maximum atomic E-state index is 12.0. The minimum absolute atomic E-state index is 0.110. The van der Waals surface area contributed by atoms with Gasteiger partial charge in [-0.2, -0.15) is 0 Å². The number of hydrogen-bond donors (Lipinski definition) is 1. The van der Waals surface area contributed by atoms with Gasteiger partial charge in [-0.1, -0.05) is 12.1 Å². The summed E-state index contributed by atoms with van der Waals surface area (Å²) in [5, 5.41) is 10.2. The molecule has 0 amide bonds. The summed E-state index contributed by atoms with van der Waals surface area (Å²) < 4.78 is 10.6. The lowest BCUT2D eigenvalue weighted by atomic mass is 10.0. The van der Waals surface area contributed by atoms with Crippen LogP contribution >= 0.6 is 0 Å². The zero-order valence-electron chi connectivity index (χ0n) is 12.8. The van der Waals surface area contributed by atoms with Crippen LogP contribution in [0, 0.1) is 6.92 Å². The fourth-order valence-corrected chi connectivity index (χ4v) is 2.16. The predicted molar refractivity (Wildman–Crippen MR) is 83.5 cm³/mol. The molecule has 0 saturated carbocycles. The average molecular weight is 302 g/mol. The normalized spacial score (nSPS) is 13.2. The van der Waals surface area contributed by atoms with Crippen molar-refractivity contribution in [3.63, 3.8) is 0 Å². The molecular formula is C17H18O5. The monoisotopic (exact) mass is 302 g/mol. The van der Waals surface area contributed by atoms with Crippen molar-refractivity contribution in [2.45, 2.75) is 26.9 Å². The minimum Gasteiger partial charge on any atom is -0.463 e. The number of aliphatic hydroxyl groups is 1. The number of hydrogen-bond acceptors (Lipinski definition) is 5. The van der Waals surface area contributed by atoms with E-state index in [1.165, 1.54) is 19.1 Å². The van der Waals surface area contributed by atoms with Gasteiger partial charge in [-0.05, 0) is 32.9 Å². The molecule has 1 aromatic heterocycles. The molecule has 1 N–H and O–H groups in total. The average Bonchev–Trinajstić information content (AvgIpc) is 2.44. The van der Waals surface area contributed by atoms with Crippen LogP contribution in [-0.2, 0) is 9.53 Å². The van der Waals surface area contributed by atoms with Crippen molar-refractivity contribution in [2.75, 3.05) is 6.61 Å². The minimum atomic E-state index is -0.995. The lowest BCUT2D eigenvalue weighted by Gasteiger charge is -2.10. The number of esters is 1. The first-order valence-corrected chi connectivity index (χ1v) is 7.04. The predicted octanol–water partition coefficient (Wildman–Crippen LogP) is 2.43. The fourth-order valence-electron chi connectivity index (χ4n) is 2.16. The van der Waals surface area contributed by atoms with Crippen molar-refractivity contribution in [3.05, 3.63) is 51.4 Å². The molecule has 1 heterocycles. The van der Waals surface area contributed by atoms with Crippen molar-refractivity contribution < 1.29 is 19.1 Å². The number of aliphatic hydroxyl groups excluding tert-OH is 1. The zero-order chi connectivity index (χ0) is 16.3. The molecule has 5 nitrogen and oxygen atoms in total.